The van der Waals surface area contributed by atoms with Crippen molar-refractivity contribution in [2.45, 2.75) is 46.1 Å². The topological polar surface area (TPSA) is 86.3 Å². The lowest BCUT2D eigenvalue weighted by molar-refractivity contribution is -0.132. The Morgan fingerprint density at radius 1 is 1.40 bits per heavy atom. The molecule has 0 aliphatic rings. The van der Waals surface area contributed by atoms with Crippen LogP contribution in [0.5, 0.6) is 0 Å². The maximum absolute atomic E-state index is 12.0. The van der Waals surface area contributed by atoms with Gasteiger partial charge < -0.3 is 15.0 Å². The molecule has 0 fully saturated rings. The Hall–Kier alpha value is -1.69. The van der Waals surface area contributed by atoms with Crippen molar-refractivity contribution in [3.05, 3.63) is 27.4 Å². The fraction of sp³-hybridized carbons (Fsp3) is 0.643. The minimum Gasteiger partial charge on any atom is -0.389 e. The van der Waals surface area contributed by atoms with E-state index in [9.17, 15) is 14.7 Å². The molecule has 0 spiro atoms. The van der Waals surface area contributed by atoms with Crippen LogP contribution in [0.15, 0.2) is 4.79 Å². The van der Waals surface area contributed by atoms with Crippen molar-refractivity contribution in [3.8, 4) is 0 Å². The van der Waals surface area contributed by atoms with E-state index >= 15 is 0 Å². The second-order valence-corrected chi connectivity index (χ2v) is 5.78. The molecule has 0 radical (unpaired) electrons. The number of carbonyl (C=O) groups is 1. The number of H-pyrrole nitrogens is 1. The van der Waals surface area contributed by atoms with Gasteiger partial charge in [-0.2, -0.15) is 0 Å². The molecule has 0 aliphatic carbocycles. The smallest absolute Gasteiger partial charge is 0.254 e. The second-order valence-electron chi connectivity index (χ2n) is 5.78. The third-order valence-corrected chi connectivity index (χ3v) is 2.98. The second kappa shape index (κ2) is 6.17. The van der Waals surface area contributed by atoms with E-state index in [2.05, 4.69) is 9.97 Å². The van der Waals surface area contributed by atoms with Crippen molar-refractivity contribution < 1.29 is 9.90 Å². The van der Waals surface area contributed by atoms with Crippen LogP contribution in [0.4, 0.5) is 0 Å². The molecule has 1 amide bonds. The molecule has 112 valence electrons. The van der Waals surface area contributed by atoms with Crippen LogP contribution in [-0.4, -0.2) is 45.1 Å². The highest BCUT2D eigenvalue weighted by Crippen LogP contribution is 2.07. The lowest BCUT2D eigenvalue weighted by Gasteiger charge is -2.25. The number of aromatic nitrogens is 2. The zero-order chi connectivity index (χ0) is 15.5. The molecule has 0 saturated heterocycles. The van der Waals surface area contributed by atoms with E-state index in [1.165, 1.54) is 4.90 Å². The molecule has 0 aromatic carbocycles. The van der Waals surface area contributed by atoms with Crippen LogP contribution in [-0.2, 0) is 11.2 Å². The van der Waals surface area contributed by atoms with Crippen LogP contribution in [0.25, 0.3) is 0 Å². The fourth-order valence-corrected chi connectivity index (χ4v) is 2.14. The molecule has 0 unspecified atom stereocenters. The van der Waals surface area contributed by atoms with E-state index in [-0.39, 0.29) is 24.4 Å². The van der Waals surface area contributed by atoms with Gasteiger partial charge in [0.05, 0.1) is 5.60 Å². The molecule has 1 rings (SSSR count). The van der Waals surface area contributed by atoms with Gasteiger partial charge in [0.25, 0.3) is 5.56 Å². The van der Waals surface area contributed by atoms with Crippen molar-refractivity contribution in [2.24, 2.45) is 0 Å². The first kappa shape index (κ1) is 16.4. The number of aryl methyl sites for hydroxylation is 2. The van der Waals surface area contributed by atoms with Gasteiger partial charge in [-0.25, -0.2) is 4.98 Å². The van der Waals surface area contributed by atoms with Gasteiger partial charge in [-0.3, -0.25) is 9.59 Å². The van der Waals surface area contributed by atoms with Crippen LogP contribution in [0.3, 0.4) is 0 Å². The highest BCUT2D eigenvalue weighted by molar-refractivity contribution is 5.76. The summed E-state index contributed by atoms with van der Waals surface area (Å²) >= 11 is 0. The van der Waals surface area contributed by atoms with Crippen molar-refractivity contribution in [2.75, 3.05) is 13.6 Å². The summed E-state index contributed by atoms with van der Waals surface area (Å²) in [5, 5.41) is 9.68. The van der Waals surface area contributed by atoms with Crippen LogP contribution >= 0.6 is 0 Å². The lowest BCUT2D eigenvalue weighted by atomic mass is 10.1. The van der Waals surface area contributed by atoms with Crippen molar-refractivity contribution in [1.82, 2.24) is 14.9 Å². The molecule has 1 heterocycles. The summed E-state index contributed by atoms with van der Waals surface area (Å²) in [5.41, 5.74) is 0.0844. The Morgan fingerprint density at radius 2 is 2.00 bits per heavy atom. The van der Waals surface area contributed by atoms with Crippen LogP contribution in [0.1, 0.15) is 37.4 Å². The molecule has 0 atom stereocenters. The molecule has 2 N–H and O–H groups in total. The first-order valence-electron chi connectivity index (χ1n) is 6.63. The number of nitrogens with one attached hydrogen (secondary N) is 1. The number of likely N-dealkylation sites (N-methyl/N-ethyl adjacent to an activating group) is 1. The SMILES string of the molecule is Cc1nc(C)c(CCC(=O)N(C)CC(C)(C)O)c(=O)[nH]1. The largest absolute Gasteiger partial charge is 0.389 e. The number of rotatable bonds is 5. The number of carbonyl (C=O) groups excluding carboxylic acids is 1. The number of amides is 1. The summed E-state index contributed by atoms with van der Waals surface area (Å²) in [7, 11) is 1.64. The van der Waals surface area contributed by atoms with E-state index < -0.39 is 5.60 Å². The van der Waals surface area contributed by atoms with Crippen LogP contribution in [0.2, 0.25) is 0 Å². The van der Waals surface area contributed by atoms with Gasteiger partial charge >= 0.3 is 0 Å². The average Bonchev–Trinajstić information content (AvgIpc) is 2.24. The number of hydrogen-bond donors (Lipinski definition) is 2. The molecular weight excluding hydrogens is 258 g/mol. The van der Waals surface area contributed by atoms with Gasteiger partial charge in [-0.15, -0.1) is 0 Å². The molecule has 6 heteroatoms. The summed E-state index contributed by atoms with van der Waals surface area (Å²) in [6.45, 7) is 7.04. The summed E-state index contributed by atoms with van der Waals surface area (Å²) in [4.78, 5) is 32.1. The number of aliphatic hydroxyl groups is 1. The fourth-order valence-electron chi connectivity index (χ4n) is 2.14. The number of nitrogens with zero attached hydrogens (tertiary/aromatic N) is 2. The zero-order valence-electron chi connectivity index (χ0n) is 12.8. The Morgan fingerprint density at radius 3 is 2.50 bits per heavy atom. The Bertz CT molecular complexity index is 544. The Balaban J connectivity index is 2.69. The first-order chi connectivity index (χ1) is 9.10. The van der Waals surface area contributed by atoms with E-state index in [0.29, 0.717) is 23.5 Å². The molecule has 6 nitrogen and oxygen atoms in total. The van der Waals surface area contributed by atoms with Crippen molar-refractivity contribution in [3.63, 3.8) is 0 Å². The van der Waals surface area contributed by atoms with Crippen molar-refractivity contribution >= 4 is 5.91 Å². The van der Waals surface area contributed by atoms with Gasteiger partial charge in [-0.1, -0.05) is 0 Å². The maximum atomic E-state index is 12.0. The predicted octanol–water partition coefficient (Wildman–Crippen LogP) is 0.549. The quantitative estimate of drug-likeness (QED) is 0.825. The third kappa shape index (κ3) is 4.77. The van der Waals surface area contributed by atoms with E-state index in [0.717, 1.165) is 0 Å². The monoisotopic (exact) mass is 281 g/mol. The number of aromatic amines is 1. The molecule has 0 aliphatic heterocycles. The molecule has 1 aromatic heterocycles. The van der Waals surface area contributed by atoms with Crippen LogP contribution in [0, 0.1) is 13.8 Å². The van der Waals surface area contributed by atoms with Gasteiger partial charge in [0.2, 0.25) is 5.91 Å². The van der Waals surface area contributed by atoms with Gasteiger partial charge in [-0.05, 0) is 34.1 Å². The van der Waals surface area contributed by atoms with Crippen molar-refractivity contribution in [1.29, 1.82) is 0 Å². The highest BCUT2D eigenvalue weighted by atomic mass is 16.3. The standard InChI is InChI=1S/C14H23N3O3/c1-9-11(13(19)16-10(2)15-9)6-7-12(18)17(5)8-14(3,4)20/h20H,6-8H2,1-5H3,(H,15,16,19). The maximum Gasteiger partial charge on any atom is 0.254 e. The molecule has 20 heavy (non-hydrogen) atoms. The zero-order valence-corrected chi connectivity index (χ0v) is 12.8. The van der Waals surface area contributed by atoms with Gasteiger partial charge in [0.1, 0.15) is 5.82 Å². The third-order valence-electron chi connectivity index (χ3n) is 2.98. The molecule has 1 aromatic rings. The van der Waals surface area contributed by atoms with E-state index in [4.69, 9.17) is 0 Å². The highest BCUT2D eigenvalue weighted by Gasteiger charge is 2.19. The summed E-state index contributed by atoms with van der Waals surface area (Å²) in [5.74, 6) is 0.466. The van der Waals surface area contributed by atoms with Crippen LogP contribution < -0.4 is 5.56 Å². The lowest BCUT2D eigenvalue weighted by Crippen LogP contribution is -2.39. The normalized spacial score (nSPS) is 11.5. The molecule has 0 bridgehead atoms. The summed E-state index contributed by atoms with van der Waals surface area (Å²) in [6, 6.07) is 0. The molecule has 0 saturated carbocycles. The van der Waals surface area contributed by atoms with E-state index in [1.807, 2.05) is 0 Å². The summed E-state index contributed by atoms with van der Waals surface area (Å²) in [6.07, 6.45) is 0.574. The first-order valence-corrected chi connectivity index (χ1v) is 6.63. The molecular formula is C14H23N3O3. The Labute approximate surface area is 118 Å². The minimum absolute atomic E-state index is 0.105. The number of hydrogen-bond acceptors (Lipinski definition) is 4. The summed E-state index contributed by atoms with van der Waals surface area (Å²) < 4.78 is 0. The minimum atomic E-state index is -0.927. The predicted molar refractivity (Wildman–Crippen MR) is 76.6 cm³/mol. The van der Waals surface area contributed by atoms with Gasteiger partial charge in [0.15, 0.2) is 0 Å². The van der Waals surface area contributed by atoms with E-state index in [1.54, 1.807) is 34.7 Å². The Kier molecular flexibility index (Phi) is 5.05. The average molecular weight is 281 g/mol. The van der Waals surface area contributed by atoms with Gasteiger partial charge in [0, 0.05) is 31.3 Å².